The van der Waals surface area contributed by atoms with Gasteiger partial charge < -0.3 is 10.5 Å². The van der Waals surface area contributed by atoms with Crippen molar-refractivity contribution in [3.63, 3.8) is 0 Å². The van der Waals surface area contributed by atoms with Crippen molar-refractivity contribution in [3.05, 3.63) is 35.4 Å². The van der Waals surface area contributed by atoms with Crippen molar-refractivity contribution >= 4 is 5.97 Å². The number of carbonyl (C=O) groups is 1. The summed E-state index contributed by atoms with van der Waals surface area (Å²) in [6.07, 6.45) is 2.34. The lowest BCUT2D eigenvalue weighted by molar-refractivity contribution is -0.146. The van der Waals surface area contributed by atoms with E-state index in [1.807, 2.05) is 0 Å². The van der Waals surface area contributed by atoms with Gasteiger partial charge >= 0.3 is 5.97 Å². The first kappa shape index (κ1) is 12.1. The van der Waals surface area contributed by atoms with Gasteiger partial charge in [-0.15, -0.1) is 0 Å². The van der Waals surface area contributed by atoms with Crippen molar-refractivity contribution in [1.82, 2.24) is 0 Å². The number of methoxy groups -OCH3 is 1. The van der Waals surface area contributed by atoms with Gasteiger partial charge in [-0.05, 0) is 37.7 Å². The maximum atomic E-state index is 11.6. The smallest absolute Gasteiger partial charge is 0.325 e. The first-order valence-electron chi connectivity index (χ1n) is 5.99. The standard InChI is InChI=1S/C14H19NO2/c1-10-3-5-11(6-4-10)12-7-8-14(15,9-12)13(16)17-2/h3-6,12H,7-9,15H2,1-2H3/t12-,14-/m1/s1. The van der Waals surface area contributed by atoms with E-state index in [9.17, 15) is 4.79 Å². The lowest BCUT2D eigenvalue weighted by Crippen LogP contribution is -2.46. The van der Waals surface area contributed by atoms with Crippen LogP contribution in [0.15, 0.2) is 24.3 Å². The Morgan fingerprint density at radius 1 is 1.41 bits per heavy atom. The summed E-state index contributed by atoms with van der Waals surface area (Å²) in [4.78, 5) is 11.6. The van der Waals surface area contributed by atoms with Crippen LogP contribution in [0.3, 0.4) is 0 Å². The summed E-state index contributed by atoms with van der Waals surface area (Å²) < 4.78 is 4.78. The third-order valence-electron chi connectivity index (χ3n) is 3.69. The van der Waals surface area contributed by atoms with Gasteiger partial charge in [-0.25, -0.2) is 0 Å². The fourth-order valence-corrected chi connectivity index (χ4v) is 2.59. The summed E-state index contributed by atoms with van der Waals surface area (Å²) in [6.45, 7) is 2.07. The largest absolute Gasteiger partial charge is 0.468 e. The number of rotatable bonds is 2. The van der Waals surface area contributed by atoms with E-state index in [1.54, 1.807) is 0 Å². The molecule has 0 saturated heterocycles. The Balaban J connectivity index is 2.12. The van der Waals surface area contributed by atoms with Crippen LogP contribution in [0, 0.1) is 6.92 Å². The minimum Gasteiger partial charge on any atom is -0.468 e. The molecule has 1 fully saturated rings. The SMILES string of the molecule is COC(=O)[C@@]1(N)CC[C@@H](c2ccc(C)cc2)C1. The molecule has 2 atom stereocenters. The van der Waals surface area contributed by atoms with Crippen LogP contribution in [0.2, 0.25) is 0 Å². The van der Waals surface area contributed by atoms with Crippen LogP contribution < -0.4 is 5.73 Å². The van der Waals surface area contributed by atoms with Crippen molar-refractivity contribution < 1.29 is 9.53 Å². The molecule has 1 aromatic carbocycles. The average molecular weight is 233 g/mol. The molecule has 1 aliphatic rings. The lowest BCUT2D eigenvalue weighted by Gasteiger charge is -2.20. The maximum Gasteiger partial charge on any atom is 0.325 e. The predicted molar refractivity (Wildman–Crippen MR) is 66.7 cm³/mol. The molecule has 1 aromatic rings. The van der Waals surface area contributed by atoms with E-state index < -0.39 is 5.54 Å². The molecule has 92 valence electrons. The summed E-state index contributed by atoms with van der Waals surface area (Å²) in [5.41, 5.74) is 7.83. The Kier molecular flexibility index (Phi) is 3.20. The van der Waals surface area contributed by atoms with Gasteiger partial charge in [0.2, 0.25) is 0 Å². The van der Waals surface area contributed by atoms with Crippen molar-refractivity contribution in [1.29, 1.82) is 0 Å². The number of ether oxygens (including phenoxy) is 1. The number of carbonyl (C=O) groups excluding carboxylic acids is 1. The van der Waals surface area contributed by atoms with Gasteiger partial charge in [0.05, 0.1) is 7.11 Å². The maximum absolute atomic E-state index is 11.6. The fraction of sp³-hybridized carbons (Fsp3) is 0.500. The zero-order valence-corrected chi connectivity index (χ0v) is 10.4. The van der Waals surface area contributed by atoms with Crippen molar-refractivity contribution in [2.45, 2.75) is 37.6 Å². The van der Waals surface area contributed by atoms with Crippen LogP contribution in [-0.2, 0) is 9.53 Å². The van der Waals surface area contributed by atoms with E-state index in [4.69, 9.17) is 10.5 Å². The molecule has 0 bridgehead atoms. The molecule has 3 nitrogen and oxygen atoms in total. The van der Waals surface area contributed by atoms with Crippen molar-refractivity contribution in [2.75, 3.05) is 7.11 Å². The molecule has 2 rings (SSSR count). The Labute approximate surface area is 102 Å². The third-order valence-corrected chi connectivity index (χ3v) is 3.69. The van der Waals surface area contributed by atoms with Crippen LogP contribution >= 0.6 is 0 Å². The molecule has 1 saturated carbocycles. The minimum atomic E-state index is -0.787. The highest BCUT2D eigenvalue weighted by molar-refractivity contribution is 5.81. The van der Waals surface area contributed by atoms with Gasteiger partial charge in [-0.3, -0.25) is 4.79 Å². The zero-order chi connectivity index (χ0) is 12.5. The van der Waals surface area contributed by atoms with Crippen LogP contribution in [0.4, 0.5) is 0 Å². The van der Waals surface area contributed by atoms with Gasteiger partial charge in [0.1, 0.15) is 5.54 Å². The number of hydrogen-bond acceptors (Lipinski definition) is 3. The Bertz CT molecular complexity index is 413. The predicted octanol–water partition coefficient (Wildman–Crippen LogP) is 2.13. The first-order valence-corrected chi connectivity index (χ1v) is 5.99. The number of nitrogens with two attached hydrogens (primary N) is 1. The third kappa shape index (κ3) is 2.34. The van der Waals surface area contributed by atoms with E-state index in [0.717, 1.165) is 6.42 Å². The molecule has 2 N–H and O–H groups in total. The number of hydrogen-bond donors (Lipinski definition) is 1. The summed E-state index contributed by atoms with van der Waals surface area (Å²) in [7, 11) is 1.40. The molecule has 17 heavy (non-hydrogen) atoms. The molecule has 0 spiro atoms. The Hall–Kier alpha value is -1.35. The summed E-state index contributed by atoms with van der Waals surface area (Å²) in [6, 6.07) is 8.46. The number of aryl methyl sites for hydroxylation is 1. The molecule has 0 radical (unpaired) electrons. The Morgan fingerprint density at radius 2 is 2.06 bits per heavy atom. The van der Waals surface area contributed by atoms with Gasteiger partial charge in [0, 0.05) is 0 Å². The minimum absolute atomic E-state index is 0.285. The van der Waals surface area contributed by atoms with E-state index in [2.05, 4.69) is 31.2 Å². The molecule has 3 heteroatoms. The lowest BCUT2D eigenvalue weighted by atomic mass is 9.93. The molecular formula is C14H19NO2. The highest BCUT2D eigenvalue weighted by atomic mass is 16.5. The van der Waals surface area contributed by atoms with Gasteiger partial charge in [-0.1, -0.05) is 29.8 Å². The van der Waals surface area contributed by atoms with Crippen LogP contribution in [0.1, 0.15) is 36.3 Å². The van der Waals surface area contributed by atoms with Crippen molar-refractivity contribution in [2.24, 2.45) is 5.73 Å². The van der Waals surface area contributed by atoms with Gasteiger partial charge in [0.25, 0.3) is 0 Å². The monoisotopic (exact) mass is 233 g/mol. The van der Waals surface area contributed by atoms with Gasteiger partial charge in [0.15, 0.2) is 0 Å². The topological polar surface area (TPSA) is 52.3 Å². The molecular weight excluding hydrogens is 214 g/mol. The Morgan fingerprint density at radius 3 is 2.65 bits per heavy atom. The van der Waals surface area contributed by atoms with E-state index >= 15 is 0 Å². The molecule has 0 amide bonds. The van der Waals surface area contributed by atoms with Crippen LogP contribution in [-0.4, -0.2) is 18.6 Å². The summed E-state index contributed by atoms with van der Waals surface area (Å²) in [5.74, 6) is 0.0896. The summed E-state index contributed by atoms with van der Waals surface area (Å²) in [5, 5.41) is 0. The highest BCUT2D eigenvalue weighted by Gasteiger charge is 2.43. The summed E-state index contributed by atoms with van der Waals surface area (Å²) >= 11 is 0. The second-order valence-electron chi connectivity index (χ2n) is 5.00. The average Bonchev–Trinajstić information content (AvgIpc) is 2.73. The van der Waals surface area contributed by atoms with Crippen LogP contribution in [0.25, 0.3) is 0 Å². The second kappa shape index (κ2) is 4.49. The quantitative estimate of drug-likeness (QED) is 0.796. The fourth-order valence-electron chi connectivity index (χ4n) is 2.59. The van der Waals surface area contributed by atoms with Crippen LogP contribution in [0.5, 0.6) is 0 Å². The van der Waals surface area contributed by atoms with E-state index in [1.165, 1.54) is 18.2 Å². The molecule has 0 aromatic heterocycles. The first-order chi connectivity index (χ1) is 8.05. The number of benzene rings is 1. The zero-order valence-electron chi connectivity index (χ0n) is 10.4. The molecule has 1 aliphatic carbocycles. The second-order valence-corrected chi connectivity index (χ2v) is 5.00. The van der Waals surface area contributed by atoms with Gasteiger partial charge in [-0.2, -0.15) is 0 Å². The molecule has 0 heterocycles. The number of esters is 1. The normalized spacial score (nSPS) is 28.1. The highest BCUT2D eigenvalue weighted by Crippen LogP contribution is 2.40. The molecule has 0 aliphatic heterocycles. The van der Waals surface area contributed by atoms with E-state index in [0.29, 0.717) is 18.8 Å². The van der Waals surface area contributed by atoms with E-state index in [-0.39, 0.29) is 5.97 Å². The van der Waals surface area contributed by atoms with Crippen molar-refractivity contribution in [3.8, 4) is 0 Å². The molecule has 0 unspecified atom stereocenters.